The Morgan fingerprint density at radius 2 is 0.959 bits per heavy atom. The van der Waals surface area contributed by atoms with E-state index < -0.39 is 0 Å². The number of benzene rings is 11. The van der Waals surface area contributed by atoms with E-state index in [0.29, 0.717) is 12.3 Å². The van der Waals surface area contributed by atoms with Crippen LogP contribution in [0.4, 0.5) is 0 Å². The summed E-state index contributed by atoms with van der Waals surface area (Å²) in [5, 5.41) is 13.7. The predicted molar refractivity (Wildman–Crippen MR) is 308 cm³/mol. The average Bonchev–Trinajstić information content (AvgIpc) is 4.19. The topological polar surface area (TPSA) is 60.9 Å². The highest BCUT2D eigenvalue weighted by Crippen LogP contribution is 2.43. The zero-order chi connectivity index (χ0) is 48.6. The van der Waals surface area contributed by atoms with E-state index in [2.05, 4.69) is 228 Å². The van der Waals surface area contributed by atoms with Crippen molar-refractivity contribution in [3.8, 4) is 11.4 Å². The predicted octanol–water partition coefficient (Wildman–Crippen LogP) is 18.1. The van der Waals surface area contributed by atoms with Gasteiger partial charge in [-0.3, -0.25) is 0 Å². The molecule has 0 fully saturated rings. The van der Waals surface area contributed by atoms with E-state index >= 15 is 0 Å². The summed E-state index contributed by atoms with van der Waals surface area (Å²) in [6, 6.07) is 80.4. The fraction of sp³-hybridized carbons (Fsp3) is 0.0294. The molecule has 0 amide bonds. The molecule has 5 heterocycles. The van der Waals surface area contributed by atoms with E-state index in [4.69, 9.17) is 18.8 Å². The lowest BCUT2D eigenvalue weighted by molar-refractivity contribution is 0.668. The number of hydrogen-bond donors (Lipinski definition) is 0. The number of aliphatic imine (C=N–C) groups is 2. The first kappa shape index (κ1) is 40.9. The molecule has 6 nitrogen and oxygen atoms in total. The zero-order valence-electron chi connectivity index (χ0n) is 40.2. The van der Waals surface area contributed by atoms with Gasteiger partial charge in [-0.25, -0.2) is 9.98 Å². The Morgan fingerprint density at radius 3 is 1.76 bits per heavy atom. The van der Waals surface area contributed by atoms with Crippen molar-refractivity contribution in [3.63, 3.8) is 0 Å². The average molecular weight is 947 g/mol. The molecule has 16 rings (SSSR count). The number of fused-ring (bicyclic) bond motifs is 14. The molecule has 0 saturated carbocycles. The maximum Gasteiger partial charge on any atom is 0.160 e. The second-order valence-corrected chi connectivity index (χ2v) is 19.8. The SMILES string of the molecule is CC1=C(c2ccc3oc4ccccc4c3c2)N=C(c2ccc3c4ccccc4n(-c4ccccc4)c3c2)N=C(c2cc(-n3c4ccccc4c4cc5ccccc5cc43)c3c(c2)oc2cc4ccccc4cc23)C1. The van der Waals surface area contributed by atoms with Gasteiger partial charge in [0.1, 0.15) is 22.3 Å². The van der Waals surface area contributed by atoms with E-state index in [1.54, 1.807) is 0 Å². The highest BCUT2D eigenvalue weighted by Gasteiger charge is 2.25. The number of para-hydroxylation sites is 4. The fourth-order valence-electron chi connectivity index (χ4n) is 12.0. The largest absolute Gasteiger partial charge is 0.456 e. The maximum atomic E-state index is 7.06. The van der Waals surface area contributed by atoms with Crippen LogP contribution in [0.5, 0.6) is 0 Å². The minimum absolute atomic E-state index is 0.548. The Labute approximate surface area is 423 Å². The van der Waals surface area contributed by atoms with Crippen LogP contribution < -0.4 is 0 Å². The summed E-state index contributed by atoms with van der Waals surface area (Å²) in [7, 11) is 0. The van der Waals surface area contributed by atoms with Crippen LogP contribution in [0.1, 0.15) is 30.0 Å². The number of amidine groups is 1. The van der Waals surface area contributed by atoms with Crippen molar-refractivity contribution in [2.45, 2.75) is 13.3 Å². The number of nitrogens with zero attached hydrogens (tertiary/aromatic N) is 4. The molecular formula is C68H42N4O2. The van der Waals surface area contributed by atoms with Crippen LogP contribution in [0.15, 0.2) is 249 Å². The van der Waals surface area contributed by atoms with Crippen molar-refractivity contribution in [1.29, 1.82) is 0 Å². The number of furan rings is 2. The summed E-state index contributed by atoms with van der Waals surface area (Å²) in [5.74, 6) is 0.636. The standard InChI is InChI=1S/C68H42N4O2/c1-40-31-56(47-37-61(66-55-33-42-16-6-8-18-44(42)38-64(55)74-65(66)39-47)72-58-25-13-10-22-50(58)53-32-41-15-5-7-17-43(41)35-60(53)72)69-68(70-67(40)45-28-30-63-54(34-45)52-23-11-14-26-62(52)73-63)46-27-29-51-49-21-9-12-24-57(49)71(59(51)36-46)48-19-3-2-4-20-48/h2-30,32-39H,31H2,1H3. The Bertz CT molecular complexity index is 5000. The summed E-state index contributed by atoms with van der Waals surface area (Å²) in [6.45, 7) is 2.20. The van der Waals surface area contributed by atoms with Gasteiger partial charge in [-0.1, -0.05) is 133 Å². The smallest absolute Gasteiger partial charge is 0.160 e. The molecular weight excluding hydrogens is 905 g/mol. The van der Waals surface area contributed by atoms with Crippen LogP contribution in [0, 0.1) is 0 Å². The minimum atomic E-state index is 0.548. The summed E-state index contributed by atoms with van der Waals surface area (Å²) in [6.07, 6.45) is 0.548. The summed E-state index contributed by atoms with van der Waals surface area (Å²) < 4.78 is 18.2. The molecule has 0 spiro atoms. The molecule has 11 aromatic carbocycles. The van der Waals surface area contributed by atoms with Gasteiger partial charge in [0.25, 0.3) is 0 Å². The maximum absolute atomic E-state index is 7.06. The van der Waals surface area contributed by atoms with Crippen molar-refractivity contribution in [3.05, 3.63) is 247 Å². The van der Waals surface area contributed by atoms with E-state index in [-0.39, 0.29) is 0 Å². The van der Waals surface area contributed by atoms with Crippen molar-refractivity contribution in [2.24, 2.45) is 9.98 Å². The fourth-order valence-corrected chi connectivity index (χ4v) is 12.0. The summed E-state index contributed by atoms with van der Waals surface area (Å²) >= 11 is 0. The quantitative estimate of drug-likeness (QED) is 0.173. The summed E-state index contributed by atoms with van der Waals surface area (Å²) in [4.78, 5) is 11.4. The zero-order valence-corrected chi connectivity index (χ0v) is 40.2. The first-order valence-corrected chi connectivity index (χ1v) is 25.2. The van der Waals surface area contributed by atoms with Gasteiger partial charge in [-0.05, 0) is 125 Å². The van der Waals surface area contributed by atoms with Crippen LogP contribution in [-0.4, -0.2) is 20.7 Å². The van der Waals surface area contributed by atoms with Gasteiger partial charge in [0.15, 0.2) is 5.84 Å². The molecule has 0 N–H and O–H groups in total. The van der Waals surface area contributed by atoms with E-state index in [0.717, 1.165) is 122 Å². The molecule has 346 valence electrons. The number of aromatic nitrogens is 2. The number of allylic oxidation sites excluding steroid dienone is 1. The molecule has 0 radical (unpaired) electrons. The highest BCUT2D eigenvalue weighted by atomic mass is 16.3. The molecule has 4 aromatic heterocycles. The molecule has 74 heavy (non-hydrogen) atoms. The normalized spacial score (nSPS) is 13.5. The second-order valence-electron chi connectivity index (χ2n) is 19.8. The Morgan fingerprint density at radius 1 is 0.365 bits per heavy atom. The van der Waals surface area contributed by atoms with E-state index in [1.807, 2.05) is 12.1 Å². The van der Waals surface area contributed by atoms with Crippen molar-refractivity contribution in [1.82, 2.24) is 9.13 Å². The van der Waals surface area contributed by atoms with Gasteiger partial charge in [-0.15, -0.1) is 0 Å². The molecule has 0 bridgehead atoms. The first-order chi connectivity index (χ1) is 36.6. The lowest BCUT2D eigenvalue weighted by Crippen LogP contribution is -2.07. The van der Waals surface area contributed by atoms with Gasteiger partial charge >= 0.3 is 0 Å². The van der Waals surface area contributed by atoms with Gasteiger partial charge in [0.05, 0.1) is 44.5 Å². The molecule has 6 heteroatoms. The van der Waals surface area contributed by atoms with Gasteiger partial charge in [0.2, 0.25) is 0 Å². The Hall–Kier alpha value is -9.78. The lowest BCUT2D eigenvalue weighted by atomic mass is 9.97. The third-order valence-corrected chi connectivity index (χ3v) is 15.4. The van der Waals surface area contributed by atoms with Crippen molar-refractivity contribution >= 4 is 126 Å². The third kappa shape index (κ3) is 6.12. The lowest BCUT2D eigenvalue weighted by Gasteiger charge is -2.14. The van der Waals surface area contributed by atoms with Crippen molar-refractivity contribution < 1.29 is 8.83 Å². The van der Waals surface area contributed by atoms with Gasteiger partial charge in [0, 0.05) is 66.5 Å². The third-order valence-electron chi connectivity index (χ3n) is 15.4. The second kappa shape index (κ2) is 15.6. The van der Waals surface area contributed by atoms with Crippen LogP contribution in [0.2, 0.25) is 0 Å². The molecule has 0 saturated heterocycles. The molecule has 0 atom stereocenters. The molecule has 15 aromatic rings. The van der Waals surface area contributed by atoms with E-state index in [1.165, 1.54) is 32.3 Å². The molecule has 0 aliphatic carbocycles. The van der Waals surface area contributed by atoms with Crippen molar-refractivity contribution in [2.75, 3.05) is 0 Å². The number of rotatable bonds is 5. The summed E-state index contributed by atoms with van der Waals surface area (Å²) in [5.41, 5.74) is 15.8. The monoisotopic (exact) mass is 946 g/mol. The molecule has 1 aliphatic heterocycles. The number of hydrogen-bond acceptors (Lipinski definition) is 4. The molecule has 1 aliphatic rings. The van der Waals surface area contributed by atoms with Crippen LogP contribution in [0.3, 0.4) is 0 Å². The minimum Gasteiger partial charge on any atom is -0.456 e. The van der Waals surface area contributed by atoms with Crippen LogP contribution in [0.25, 0.3) is 126 Å². The van der Waals surface area contributed by atoms with Crippen LogP contribution in [-0.2, 0) is 0 Å². The highest BCUT2D eigenvalue weighted by molar-refractivity contribution is 6.22. The van der Waals surface area contributed by atoms with Gasteiger partial charge < -0.3 is 18.0 Å². The van der Waals surface area contributed by atoms with Gasteiger partial charge in [-0.2, -0.15) is 0 Å². The Balaban J connectivity index is 0.976. The van der Waals surface area contributed by atoms with E-state index in [9.17, 15) is 0 Å². The molecule has 0 unspecified atom stereocenters. The van der Waals surface area contributed by atoms with Crippen LogP contribution >= 0.6 is 0 Å². The Kier molecular flexibility index (Phi) is 8.63. The first-order valence-electron chi connectivity index (χ1n) is 25.2.